The van der Waals surface area contributed by atoms with Gasteiger partial charge in [-0.05, 0) is 43.7 Å². The molecule has 7 nitrogen and oxygen atoms in total. The first-order chi connectivity index (χ1) is 13.3. The van der Waals surface area contributed by atoms with E-state index < -0.39 is 15.1 Å². The Kier molecular flexibility index (Phi) is 5.51. The number of aromatic hydroxyl groups is 1. The number of benzene rings is 2. The van der Waals surface area contributed by atoms with Crippen molar-refractivity contribution in [1.82, 2.24) is 9.97 Å². The lowest BCUT2D eigenvalue weighted by molar-refractivity contribution is 0.474. The molecule has 0 saturated heterocycles. The van der Waals surface area contributed by atoms with Crippen LogP contribution < -0.4 is 11.1 Å². The minimum Gasteiger partial charge on any atom is -0.508 e. The number of hydrogen-bond acceptors (Lipinski definition) is 7. The maximum atomic E-state index is 12.3. The fraction of sp³-hybridized carbons (Fsp3) is 0.200. The van der Waals surface area contributed by atoms with E-state index in [0.717, 1.165) is 11.1 Å². The molecule has 3 rings (SSSR count). The van der Waals surface area contributed by atoms with E-state index in [0.29, 0.717) is 18.1 Å². The zero-order valence-electron chi connectivity index (χ0n) is 15.6. The summed E-state index contributed by atoms with van der Waals surface area (Å²) in [5.41, 5.74) is 8.08. The first-order valence-corrected chi connectivity index (χ1v) is 10.3. The van der Waals surface area contributed by atoms with Gasteiger partial charge >= 0.3 is 0 Å². The molecular weight excluding hydrogens is 376 g/mol. The molecule has 0 amide bonds. The molecule has 2 aromatic carbocycles. The number of nitrogen functional groups attached to an aromatic ring is 1. The Morgan fingerprint density at radius 1 is 1.18 bits per heavy atom. The fourth-order valence-electron chi connectivity index (χ4n) is 2.61. The van der Waals surface area contributed by atoms with Gasteiger partial charge in [0.25, 0.3) is 0 Å². The van der Waals surface area contributed by atoms with Crippen LogP contribution in [-0.2, 0) is 16.4 Å². The third-order valence-electron chi connectivity index (χ3n) is 4.27. The van der Waals surface area contributed by atoms with Gasteiger partial charge in [-0.15, -0.1) is 0 Å². The molecule has 0 aliphatic heterocycles. The number of phenols is 1. The molecule has 0 unspecified atom stereocenters. The van der Waals surface area contributed by atoms with Gasteiger partial charge in [0.15, 0.2) is 21.5 Å². The summed E-state index contributed by atoms with van der Waals surface area (Å²) in [6.07, 6.45) is 1.54. The molecule has 3 aromatic rings. The van der Waals surface area contributed by atoms with Gasteiger partial charge in [-0.25, -0.2) is 18.4 Å². The number of anilines is 2. The molecule has 154 valence electrons. The van der Waals surface area contributed by atoms with Crippen molar-refractivity contribution >= 4 is 21.5 Å². The third kappa shape index (κ3) is 4.23. The highest BCUT2D eigenvalue weighted by Gasteiger charge is 2.19. The molecule has 0 bridgehead atoms. The molecule has 1 aromatic heterocycles. The smallest absolute Gasteiger partial charge is 0.180 e. The lowest BCUT2D eigenvalue weighted by atomic mass is 10.1. The summed E-state index contributed by atoms with van der Waals surface area (Å²) in [4.78, 5) is 8.94. The van der Waals surface area contributed by atoms with Crippen LogP contribution in [-0.4, -0.2) is 28.7 Å². The molecule has 4 N–H and O–H groups in total. The van der Waals surface area contributed by atoms with Crippen molar-refractivity contribution < 1.29 is 19.2 Å². The molecule has 1 heterocycles. The first kappa shape index (κ1) is 19.6. The number of nitrogens with two attached hydrogens (primary N) is 1. The van der Waals surface area contributed by atoms with Crippen LogP contribution in [0.25, 0.3) is 11.3 Å². The Bertz CT molecular complexity index is 1100. The van der Waals surface area contributed by atoms with Crippen LogP contribution in [0, 0.1) is 0 Å². The number of aromatic nitrogens is 2. The van der Waals surface area contributed by atoms with E-state index in [1.165, 1.54) is 0 Å². The van der Waals surface area contributed by atoms with E-state index in [9.17, 15) is 13.5 Å². The Hall–Kier alpha value is -3.13. The normalized spacial score (nSPS) is 11.5. The van der Waals surface area contributed by atoms with Gasteiger partial charge in [0, 0.05) is 17.8 Å². The summed E-state index contributed by atoms with van der Waals surface area (Å²) in [7, 11) is -3.32. The minimum atomic E-state index is -3.32. The van der Waals surface area contributed by atoms with Crippen LogP contribution in [0.3, 0.4) is 0 Å². The number of sulfone groups is 1. The number of nitrogens with one attached hydrogen (secondary N) is 1. The van der Waals surface area contributed by atoms with Crippen LogP contribution >= 0.6 is 0 Å². The molecule has 0 saturated carbocycles. The molecule has 0 spiro atoms. The van der Waals surface area contributed by atoms with Crippen LogP contribution in [0.2, 0.25) is 0 Å². The molecule has 0 aliphatic carbocycles. The Morgan fingerprint density at radius 2 is 1.89 bits per heavy atom. The summed E-state index contributed by atoms with van der Waals surface area (Å²) >= 11 is 0. The van der Waals surface area contributed by atoms with Crippen molar-refractivity contribution in [2.45, 2.75) is 30.5 Å². The Balaban J connectivity index is 0. The average molecular weight is 407 g/mol. The summed E-state index contributed by atoms with van der Waals surface area (Å²) in [6, 6.07) is 13.4. The molecule has 0 aliphatic rings. The van der Waals surface area contributed by atoms with E-state index in [4.69, 9.17) is 5.73 Å². The SMILES string of the molecule is CC(C)S(=O)(=O)c1ccc(-c2cnc(N)c(NCc3cccc(O)c3)n2)cc1.[HH].[HH].[HH].[HH]. The first-order valence-electron chi connectivity index (χ1n) is 8.76. The van der Waals surface area contributed by atoms with Gasteiger partial charge in [0.2, 0.25) is 0 Å². The van der Waals surface area contributed by atoms with E-state index in [-0.39, 0.29) is 22.2 Å². The highest BCUT2D eigenvalue weighted by atomic mass is 32.2. The second-order valence-electron chi connectivity index (χ2n) is 6.63. The minimum absolute atomic E-state index is 0. The van der Waals surface area contributed by atoms with Gasteiger partial charge in [-0.2, -0.15) is 0 Å². The standard InChI is InChI=1S/C20H22N4O3S.4H2/c1-13(2)28(26,27)17-8-6-15(7-9-17)18-12-22-19(21)20(24-18)23-11-14-4-3-5-16(25)10-14;;;;/h3-10,12-13,25H,11H2,1-2H3,(H2,21,22)(H,23,24);4*1H. The Labute approximate surface area is 170 Å². The lowest BCUT2D eigenvalue weighted by Gasteiger charge is -2.11. The largest absolute Gasteiger partial charge is 0.508 e. The summed E-state index contributed by atoms with van der Waals surface area (Å²) in [5.74, 6) is 0.853. The van der Waals surface area contributed by atoms with Crippen molar-refractivity contribution in [3.05, 3.63) is 60.3 Å². The molecule has 0 radical (unpaired) electrons. The van der Waals surface area contributed by atoms with Crippen molar-refractivity contribution in [2.24, 2.45) is 0 Å². The highest BCUT2D eigenvalue weighted by Crippen LogP contribution is 2.24. The van der Waals surface area contributed by atoms with E-state index in [2.05, 4.69) is 15.3 Å². The van der Waals surface area contributed by atoms with Crippen LogP contribution in [0.5, 0.6) is 5.75 Å². The second kappa shape index (κ2) is 7.85. The van der Waals surface area contributed by atoms with Crippen molar-refractivity contribution in [2.75, 3.05) is 11.1 Å². The maximum absolute atomic E-state index is 12.3. The fourth-order valence-corrected chi connectivity index (χ4v) is 3.67. The van der Waals surface area contributed by atoms with Crippen molar-refractivity contribution in [3.8, 4) is 17.0 Å². The van der Waals surface area contributed by atoms with Gasteiger partial charge < -0.3 is 16.2 Å². The van der Waals surface area contributed by atoms with Crippen molar-refractivity contribution in [3.63, 3.8) is 0 Å². The molecular formula is C20H30N4O3S. The van der Waals surface area contributed by atoms with E-state index >= 15 is 0 Å². The summed E-state index contributed by atoms with van der Waals surface area (Å²) in [5, 5.41) is 12.2. The van der Waals surface area contributed by atoms with Gasteiger partial charge in [0.1, 0.15) is 5.75 Å². The second-order valence-corrected chi connectivity index (χ2v) is 9.13. The lowest BCUT2D eigenvalue weighted by Crippen LogP contribution is -2.13. The molecule has 28 heavy (non-hydrogen) atoms. The number of hydrogen-bond donors (Lipinski definition) is 3. The topological polar surface area (TPSA) is 118 Å². The number of nitrogens with zero attached hydrogens (tertiary/aromatic N) is 2. The van der Waals surface area contributed by atoms with Gasteiger partial charge in [0.05, 0.1) is 22.0 Å². The predicted molar refractivity (Wildman–Crippen MR) is 118 cm³/mol. The quantitative estimate of drug-likeness (QED) is 0.561. The Morgan fingerprint density at radius 3 is 2.54 bits per heavy atom. The van der Waals surface area contributed by atoms with Crippen molar-refractivity contribution in [1.29, 1.82) is 0 Å². The highest BCUT2D eigenvalue weighted by molar-refractivity contribution is 7.92. The molecule has 0 atom stereocenters. The number of rotatable bonds is 6. The zero-order chi connectivity index (χ0) is 20.3. The van der Waals surface area contributed by atoms with Crippen LogP contribution in [0.4, 0.5) is 11.6 Å². The zero-order valence-corrected chi connectivity index (χ0v) is 16.4. The van der Waals surface area contributed by atoms with Gasteiger partial charge in [-0.3, -0.25) is 0 Å². The third-order valence-corrected chi connectivity index (χ3v) is 6.44. The van der Waals surface area contributed by atoms with Crippen LogP contribution in [0.15, 0.2) is 59.6 Å². The molecule has 0 fully saturated rings. The maximum Gasteiger partial charge on any atom is 0.180 e. The summed E-state index contributed by atoms with van der Waals surface area (Å²) < 4.78 is 24.5. The average Bonchev–Trinajstić information content (AvgIpc) is 2.67. The monoisotopic (exact) mass is 406 g/mol. The summed E-state index contributed by atoms with van der Waals surface area (Å²) in [6.45, 7) is 3.72. The van der Waals surface area contributed by atoms with Crippen LogP contribution in [0.1, 0.15) is 25.1 Å². The van der Waals surface area contributed by atoms with Gasteiger partial charge in [-0.1, -0.05) is 24.3 Å². The number of phenolic OH excluding ortho intramolecular Hbond substituents is 1. The molecule has 8 heteroatoms. The van der Waals surface area contributed by atoms with E-state index in [1.54, 1.807) is 62.5 Å². The predicted octanol–water partition coefficient (Wildman–Crippen LogP) is 4.21. The van der Waals surface area contributed by atoms with E-state index in [1.807, 2.05) is 6.07 Å².